The normalized spacial score (nSPS) is 12.3. The van der Waals surface area contributed by atoms with Crippen molar-refractivity contribution in [2.24, 2.45) is 17.7 Å². The Hall–Kier alpha value is -1.96. The summed E-state index contributed by atoms with van der Waals surface area (Å²) in [5.74, 6) is 6.43. The van der Waals surface area contributed by atoms with Crippen LogP contribution in [0.15, 0.2) is 0 Å². The Bertz CT molecular complexity index is 463. The average molecular weight is 268 g/mol. The van der Waals surface area contributed by atoms with Crippen molar-refractivity contribution in [2.45, 2.75) is 27.7 Å². The van der Waals surface area contributed by atoms with Gasteiger partial charge in [-0.3, -0.25) is 15.5 Å². The van der Waals surface area contributed by atoms with Gasteiger partial charge in [-0.05, 0) is 18.8 Å². The molecule has 0 saturated heterocycles. The Labute approximate surface area is 111 Å². The number of nitrogens with two attached hydrogens (primary N) is 1. The zero-order valence-electron chi connectivity index (χ0n) is 11.6. The molecule has 0 aliphatic rings. The number of nitrogens with zero attached hydrogens (tertiary/aromatic N) is 3. The standard InChI is InChI=1S/C11H20N6O2/c1-6(2)7(3)5-13-10-9(17(18)19)8(4)14-11(15-10)16-12/h6-7H,5,12H2,1-4H3,(H2,13,14,15,16). The molecule has 1 rings (SSSR count). The highest BCUT2D eigenvalue weighted by Gasteiger charge is 2.22. The summed E-state index contributed by atoms with van der Waals surface area (Å²) in [6.07, 6.45) is 0. The molecular formula is C11H20N6O2. The van der Waals surface area contributed by atoms with Gasteiger partial charge in [-0.25, -0.2) is 10.8 Å². The number of hydrogen-bond acceptors (Lipinski definition) is 7. The molecule has 1 unspecified atom stereocenters. The van der Waals surface area contributed by atoms with Crippen LogP contribution in [0.2, 0.25) is 0 Å². The first kappa shape index (κ1) is 15.1. The number of hydrogen-bond donors (Lipinski definition) is 3. The number of hydrazine groups is 1. The summed E-state index contributed by atoms with van der Waals surface area (Å²) in [6.45, 7) is 8.41. The molecule has 0 radical (unpaired) electrons. The SMILES string of the molecule is Cc1nc(NN)nc(NCC(C)C(C)C)c1[N+](=O)[O-]. The van der Waals surface area contributed by atoms with Gasteiger partial charge in [0.2, 0.25) is 11.8 Å². The fraction of sp³-hybridized carbons (Fsp3) is 0.636. The summed E-state index contributed by atoms with van der Waals surface area (Å²) in [4.78, 5) is 18.5. The Kier molecular flexibility index (Phi) is 4.99. The van der Waals surface area contributed by atoms with Crippen molar-refractivity contribution in [1.82, 2.24) is 9.97 Å². The number of aromatic nitrogens is 2. The highest BCUT2D eigenvalue weighted by Crippen LogP contribution is 2.26. The lowest BCUT2D eigenvalue weighted by Gasteiger charge is -2.16. The first-order chi connectivity index (χ1) is 8.86. The van der Waals surface area contributed by atoms with Crippen molar-refractivity contribution in [3.8, 4) is 0 Å². The van der Waals surface area contributed by atoms with Crippen molar-refractivity contribution in [3.05, 3.63) is 15.8 Å². The van der Waals surface area contributed by atoms with Gasteiger partial charge in [-0.2, -0.15) is 4.98 Å². The number of anilines is 2. The van der Waals surface area contributed by atoms with E-state index in [0.717, 1.165) is 0 Å². The van der Waals surface area contributed by atoms with Gasteiger partial charge in [0.15, 0.2) is 0 Å². The molecule has 0 fully saturated rings. The Morgan fingerprint density at radius 1 is 1.37 bits per heavy atom. The smallest absolute Gasteiger partial charge is 0.332 e. The number of rotatable bonds is 6. The van der Waals surface area contributed by atoms with E-state index in [2.05, 4.69) is 41.5 Å². The van der Waals surface area contributed by atoms with E-state index >= 15 is 0 Å². The van der Waals surface area contributed by atoms with E-state index in [1.807, 2.05) is 0 Å². The van der Waals surface area contributed by atoms with Crippen LogP contribution in [0.1, 0.15) is 26.5 Å². The fourth-order valence-corrected chi connectivity index (χ4v) is 1.47. The summed E-state index contributed by atoms with van der Waals surface area (Å²) in [7, 11) is 0. The third kappa shape index (κ3) is 3.75. The molecule has 8 nitrogen and oxygen atoms in total. The molecule has 1 aromatic heterocycles. The minimum atomic E-state index is -0.488. The van der Waals surface area contributed by atoms with Crippen LogP contribution in [-0.4, -0.2) is 21.4 Å². The highest BCUT2D eigenvalue weighted by molar-refractivity contribution is 5.60. The van der Waals surface area contributed by atoms with E-state index in [4.69, 9.17) is 5.84 Å². The largest absolute Gasteiger partial charge is 0.364 e. The fourth-order valence-electron chi connectivity index (χ4n) is 1.47. The van der Waals surface area contributed by atoms with Crippen LogP contribution in [0.3, 0.4) is 0 Å². The van der Waals surface area contributed by atoms with Gasteiger partial charge < -0.3 is 5.32 Å². The van der Waals surface area contributed by atoms with Crippen LogP contribution in [0.25, 0.3) is 0 Å². The Balaban J connectivity index is 3.03. The highest BCUT2D eigenvalue weighted by atomic mass is 16.6. The molecule has 0 aliphatic heterocycles. The van der Waals surface area contributed by atoms with Crippen LogP contribution in [-0.2, 0) is 0 Å². The lowest BCUT2D eigenvalue weighted by molar-refractivity contribution is -0.385. The van der Waals surface area contributed by atoms with Gasteiger partial charge in [0.1, 0.15) is 5.69 Å². The van der Waals surface area contributed by atoms with Crippen LogP contribution >= 0.6 is 0 Å². The minimum Gasteiger partial charge on any atom is -0.364 e. The van der Waals surface area contributed by atoms with E-state index in [9.17, 15) is 10.1 Å². The Morgan fingerprint density at radius 2 is 2.00 bits per heavy atom. The molecule has 1 heterocycles. The molecule has 0 spiro atoms. The first-order valence-electron chi connectivity index (χ1n) is 6.10. The second-order valence-electron chi connectivity index (χ2n) is 4.83. The molecule has 106 valence electrons. The van der Waals surface area contributed by atoms with Gasteiger partial charge in [-0.15, -0.1) is 0 Å². The number of nitrogen functional groups attached to an aromatic ring is 1. The topological polar surface area (TPSA) is 119 Å². The average Bonchev–Trinajstić information content (AvgIpc) is 2.34. The maximum Gasteiger partial charge on any atom is 0.332 e. The molecule has 0 saturated carbocycles. The zero-order valence-corrected chi connectivity index (χ0v) is 11.6. The predicted octanol–water partition coefficient (Wildman–Crippen LogP) is 1.68. The lowest BCUT2D eigenvalue weighted by atomic mass is 9.98. The number of nitrogens with one attached hydrogen (secondary N) is 2. The molecule has 4 N–H and O–H groups in total. The predicted molar refractivity (Wildman–Crippen MR) is 73.7 cm³/mol. The quantitative estimate of drug-likeness (QED) is 0.408. The van der Waals surface area contributed by atoms with E-state index in [-0.39, 0.29) is 23.1 Å². The third-order valence-corrected chi connectivity index (χ3v) is 3.10. The van der Waals surface area contributed by atoms with Crippen molar-refractivity contribution >= 4 is 17.5 Å². The maximum absolute atomic E-state index is 11.1. The van der Waals surface area contributed by atoms with Crippen molar-refractivity contribution in [3.63, 3.8) is 0 Å². The van der Waals surface area contributed by atoms with Gasteiger partial charge in [-0.1, -0.05) is 20.8 Å². The second-order valence-corrected chi connectivity index (χ2v) is 4.83. The first-order valence-corrected chi connectivity index (χ1v) is 6.10. The summed E-state index contributed by atoms with van der Waals surface area (Å²) >= 11 is 0. The molecular weight excluding hydrogens is 248 g/mol. The molecule has 19 heavy (non-hydrogen) atoms. The van der Waals surface area contributed by atoms with Crippen molar-refractivity contribution in [2.75, 3.05) is 17.3 Å². The summed E-state index contributed by atoms with van der Waals surface area (Å²) in [6, 6.07) is 0. The third-order valence-electron chi connectivity index (χ3n) is 3.10. The van der Waals surface area contributed by atoms with E-state index in [1.165, 1.54) is 0 Å². The number of aryl methyl sites for hydroxylation is 1. The van der Waals surface area contributed by atoms with E-state index in [1.54, 1.807) is 6.92 Å². The van der Waals surface area contributed by atoms with Crippen LogP contribution in [0.4, 0.5) is 17.5 Å². The van der Waals surface area contributed by atoms with Crippen molar-refractivity contribution in [1.29, 1.82) is 0 Å². The number of nitro groups is 1. The molecule has 0 aromatic carbocycles. The summed E-state index contributed by atoms with van der Waals surface area (Å²) < 4.78 is 0. The van der Waals surface area contributed by atoms with Gasteiger partial charge in [0.25, 0.3) is 0 Å². The molecule has 0 amide bonds. The van der Waals surface area contributed by atoms with Crippen LogP contribution in [0, 0.1) is 28.9 Å². The minimum absolute atomic E-state index is 0.116. The van der Waals surface area contributed by atoms with Gasteiger partial charge in [0.05, 0.1) is 4.92 Å². The van der Waals surface area contributed by atoms with Crippen molar-refractivity contribution < 1.29 is 4.92 Å². The molecule has 0 bridgehead atoms. The zero-order chi connectivity index (χ0) is 14.6. The van der Waals surface area contributed by atoms with Gasteiger partial charge >= 0.3 is 5.69 Å². The second kappa shape index (κ2) is 6.28. The maximum atomic E-state index is 11.1. The van der Waals surface area contributed by atoms with Crippen LogP contribution in [0.5, 0.6) is 0 Å². The lowest BCUT2D eigenvalue weighted by Crippen LogP contribution is -2.19. The molecule has 1 aromatic rings. The monoisotopic (exact) mass is 268 g/mol. The molecule has 0 aliphatic carbocycles. The molecule has 8 heteroatoms. The van der Waals surface area contributed by atoms with E-state index < -0.39 is 4.92 Å². The van der Waals surface area contributed by atoms with E-state index in [0.29, 0.717) is 18.4 Å². The molecule has 1 atom stereocenters. The Morgan fingerprint density at radius 3 is 2.47 bits per heavy atom. The van der Waals surface area contributed by atoms with Gasteiger partial charge in [0, 0.05) is 6.54 Å². The summed E-state index contributed by atoms with van der Waals surface area (Å²) in [5.41, 5.74) is 2.46. The van der Waals surface area contributed by atoms with Crippen LogP contribution < -0.4 is 16.6 Å². The summed E-state index contributed by atoms with van der Waals surface area (Å²) in [5, 5.41) is 14.1.